The van der Waals surface area contributed by atoms with Gasteiger partial charge in [0, 0.05) is 60.2 Å². The van der Waals surface area contributed by atoms with Crippen molar-refractivity contribution in [2.45, 2.75) is 18.9 Å². The van der Waals surface area contributed by atoms with E-state index in [4.69, 9.17) is 16.3 Å². The lowest BCUT2D eigenvalue weighted by Gasteiger charge is -2.32. The molecule has 2 heterocycles. The normalized spacial score (nSPS) is 14.2. The molecular formula is C24H22ClN3O3. The fourth-order valence-corrected chi connectivity index (χ4v) is 3.59. The van der Waals surface area contributed by atoms with Gasteiger partial charge in [-0.3, -0.25) is 14.6 Å². The molecule has 1 fully saturated rings. The molecule has 1 aliphatic heterocycles. The minimum atomic E-state index is -0.218. The highest BCUT2D eigenvalue weighted by atomic mass is 35.5. The van der Waals surface area contributed by atoms with Gasteiger partial charge in [0.1, 0.15) is 11.9 Å². The van der Waals surface area contributed by atoms with Crippen LogP contribution >= 0.6 is 11.6 Å². The van der Waals surface area contributed by atoms with Crippen LogP contribution in [0.2, 0.25) is 5.02 Å². The Labute approximate surface area is 185 Å². The van der Waals surface area contributed by atoms with Gasteiger partial charge in [-0.2, -0.15) is 0 Å². The van der Waals surface area contributed by atoms with Crippen LogP contribution in [-0.4, -0.2) is 40.9 Å². The van der Waals surface area contributed by atoms with Gasteiger partial charge in [-0.1, -0.05) is 11.6 Å². The number of hydrogen-bond acceptors (Lipinski definition) is 4. The lowest BCUT2D eigenvalue weighted by atomic mass is 10.1. The van der Waals surface area contributed by atoms with E-state index in [0.717, 1.165) is 18.6 Å². The fraction of sp³-hybridized carbons (Fsp3) is 0.208. The van der Waals surface area contributed by atoms with Crippen LogP contribution in [0.3, 0.4) is 0 Å². The van der Waals surface area contributed by atoms with E-state index in [2.05, 4.69) is 10.3 Å². The molecule has 2 amide bonds. The van der Waals surface area contributed by atoms with E-state index < -0.39 is 0 Å². The Kier molecular flexibility index (Phi) is 6.48. The van der Waals surface area contributed by atoms with Gasteiger partial charge in [-0.25, -0.2) is 0 Å². The van der Waals surface area contributed by atoms with E-state index >= 15 is 0 Å². The number of halogens is 1. The molecule has 3 aromatic rings. The van der Waals surface area contributed by atoms with Crippen molar-refractivity contribution in [1.29, 1.82) is 0 Å². The van der Waals surface area contributed by atoms with Crippen LogP contribution in [0, 0.1) is 0 Å². The van der Waals surface area contributed by atoms with Gasteiger partial charge in [0.2, 0.25) is 0 Å². The standard InChI is InChI=1S/C24H22ClN3O3/c25-19-3-7-21(8-4-19)31-22-11-15-28(16-12-22)24(30)18-1-5-20(6-2-18)27-23(29)17-9-13-26-14-10-17/h1-10,13-14,22H,11-12,15-16H2,(H,27,29). The minimum Gasteiger partial charge on any atom is -0.490 e. The number of anilines is 1. The summed E-state index contributed by atoms with van der Waals surface area (Å²) < 4.78 is 5.99. The number of nitrogens with zero attached hydrogens (tertiary/aromatic N) is 2. The van der Waals surface area contributed by atoms with E-state index in [9.17, 15) is 9.59 Å². The number of carbonyl (C=O) groups is 2. The molecule has 0 saturated carbocycles. The van der Waals surface area contributed by atoms with Gasteiger partial charge >= 0.3 is 0 Å². The van der Waals surface area contributed by atoms with Crippen LogP contribution in [-0.2, 0) is 0 Å². The first-order valence-electron chi connectivity index (χ1n) is 10.1. The second kappa shape index (κ2) is 9.62. The summed E-state index contributed by atoms with van der Waals surface area (Å²) in [5.41, 5.74) is 1.76. The van der Waals surface area contributed by atoms with Crippen molar-refractivity contribution in [3.63, 3.8) is 0 Å². The zero-order valence-electron chi connectivity index (χ0n) is 16.8. The van der Waals surface area contributed by atoms with Gasteiger partial charge < -0.3 is 15.0 Å². The molecule has 1 aliphatic rings. The highest BCUT2D eigenvalue weighted by Crippen LogP contribution is 2.22. The minimum absolute atomic E-state index is 0.0167. The summed E-state index contributed by atoms with van der Waals surface area (Å²) in [5, 5.41) is 3.50. The number of benzene rings is 2. The average molecular weight is 436 g/mol. The Morgan fingerprint density at radius 1 is 0.903 bits per heavy atom. The quantitative estimate of drug-likeness (QED) is 0.632. The average Bonchev–Trinajstić information content (AvgIpc) is 2.82. The molecule has 158 valence electrons. The van der Waals surface area contributed by atoms with Crippen molar-refractivity contribution >= 4 is 29.1 Å². The molecule has 7 heteroatoms. The number of rotatable bonds is 5. The molecule has 0 unspecified atom stereocenters. The Hall–Kier alpha value is -3.38. The third kappa shape index (κ3) is 5.41. The first-order valence-corrected chi connectivity index (χ1v) is 10.5. The van der Waals surface area contributed by atoms with Crippen LogP contribution in [0.15, 0.2) is 73.1 Å². The lowest BCUT2D eigenvalue weighted by Crippen LogP contribution is -2.41. The second-order valence-corrected chi connectivity index (χ2v) is 7.77. The molecule has 2 aromatic carbocycles. The number of carbonyl (C=O) groups excluding carboxylic acids is 2. The topological polar surface area (TPSA) is 71.5 Å². The number of ether oxygens (including phenoxy) is 1. The highest BCUT2D eigenvalue weighted by molar-refractivity contribution is 6.30. The summed E-state index contributed by atoms with van der Waals surface area (Å²) in [6.45, 7) is 1.27. The molecule has 0 radical (unpaired) electrons. The van der Waals surface area contributed by atoms with E-state index in [1.165, 1.54) is 0 Å². The molecule has 0 bridgehead atoms. The van der Waals surface area contributed by atoms with Crippen molar-refractivity contribution in [3.8, 4) is 5.75 Å². The number of nitrogens with one attached hydrogen (secondary N) is 1. The van der Waals surface area contributed by atoms with Gasteiger partial charge in [-0.15, -0.1) is 0 Å². The van der Waals surface area contributed by atoms with Crippen LogP contribution in [0.1, 0.15) is 33.6 Å². The third-order valence-electron chi connectivity index (χ3n) is 5.18. The molecule has 4 rings (SSSR count). The highest BCUT2D eigenvalue weighted by Gasteiger charge is 2.24. The Morgan fingerprint density at radius 3 is 2.19 bits per heavy atom. The van der Waals surface area contributed by atoms with E-state index in [1.54, 1.807) is 60.9 Å². The molecule has 1 N–H and O–H groups in total. The molecular weight excluding hydrogens is 414 g/mol. The zero-order valence-corrected chi connectivity index (χ0v) is 17.6. The SMILES string of the molecule is O=C(Nc1ccc(C(=O)N2CCC(Oc3ccc(Cl)cc3)CC2)cc1)c1ccncc1. The van der Waals surface area contributed by atoms with Gasteiger partial charge in [0.25, 0.3) is 11.8 Å². The van der Waals surface area contributed by atoms with Crippen molar-refractivity contribution < 1.29 is 14.3 Å². The van der Waals surface area contributed by atoms with Crippen LogP contribution < -0.4 is 10.1 Å². The predicted molar refractivity (Wildman–Crippen MR) is 120 cm³/mol. The van der Waals surface area contributed by atoms with Crippen LogP contribution in [0.4, 0.5) is 5.69 Å². The van der Waals surface area contributed by atoms with Crippen molar-refractivity contribution in [1.82, 2.24) is 9.88 Å². The number of amides is 2. The van der Waals surface area contributed by atoms with Crippen LogP contribution in [0.25, 0.3) is 0 Å². The maximum Gasteiger partial charge on any atom is 0.255 e. The van der Waals surface area contributed by atoms with Gasteiger partial charge in [-0.05, 0) is 60.7 Å². The van der Waals surface area contributed by atoms with Crippen molar-refractivity contribution in [2.24, 2.45) is 0 Å². The fourth-order valence-electron chi connectivity index (χ4n) is 3.47. The van der Waals surface area contributed by atoms with Crippen molar-refractivity contribution in [2.75, 3.05) is 18.4 Å². The zero-order chi connectivity index (χ0) is 21.6. The smallest absolute Gasteiger partial charge is 0.255 e. The van der Waals surface area contributed by atoms with E-state index in [1.807, 2.05) is 17.0 Å². The molecule has 1 aromatic heterocycles. The van der Waals surface area contributed by atoms with Gasteiger partial charge in [0.05, 0.1) is 0 Å². The Balaban J connectivity index is 1.29. The molecule has 6 nitrogen and oxygen atoms in total. The number of likely N-dealkylation sites (tertiary alicyclic amines) is 1. The second-order valence-electron chi connectivity index (χ2n) is 7.33. The maximum atomic E-state index is 12.8. The number of hydrogen-bond donors (Lipinski definition) is 1. The summed E-state index contributed by atoms with van der Waals surface area (Å²) in [6.07, 6.45) is 4.76. The summed E-state index contributed by atoms with van der Waals surface area (Å²) in [5.74, 6) is 0.555. The lowest BCUT2D eigenvalue weighted by molar-refractivity contribution is 0.0595. The first-order chi connectivity index (χ1) is 15.1. The summed E-state index contributed by atoms with van der Waals surface area (Å²) in [7, 11) is 0. The van der Waals surface area contributed by atoms with Crippen LogP contribution in [0.5, 0.6) is 5.75 Å². The molecule has 0 spiro atoms. The summed E-state index contributed by atoms with van der Waals surface area (Å²) in [6, 6.07) is 17.6. The largest absolute Gasteiger partial charge is 0.490 e. The molecule has 1 saturated heterocycles. The summed E-state index contributed by atoms with van der Waals surface area (Å²) >= 11 is 5.91. The maximum absolute atomic E-state index is 12.8. The first kappa shape index (κ1) is 20.9. The van der Waals surface area contributed by atoms with E-state index in [-0.39, 0.29) is 17.9 Å². The van der Waals surface area contributed by atoms with Crippen molar-refractivity contribution in [3.05, 3.63) is 89.2 Å². The Morgan fingerprint density at radius 2 is 1.55 bits per heavy atom. The molecule has 0 atom stereocenters. The number of piperidine rings is 1. The summed E-state index contributed by atoms with van der Waals surface area (Å²) in [4.78, 5) is 30.8. The number of pyridine rings is 1. The monoisotopic (exact) mass is 435 g/mol. The third-order valence-corrected chi connectivity index (χ3v) is 5.43. The molecule has 0 aliphatic carbocycles. The number of aromatic nitrogens is 1. The van der Waals surface area contributed by atoms with Gasteiger partial charge in [0.15, 0.2) is 0 Å². The predicted octanol–water partition coefficient (Wildman–Crippen LogP) is 4.67. The Bertz CT molecular complexity index is 1030. The molecule has 31 heavy (non-hydrogen) atoms. The van der Waals surface area contributed by atoms with E-state index in [0.29, 0.717) is 34.9 Å².